The molecule has 2 aromatic heterocycles. The third kappa shape index (κ3) is 5.09. The molecule has 6 nitrogen and oxygen atoms in total. The normalized spacial score (nSPS) is 16.8. The van der Waals surface area contributed by atoms with Crippen molar-refractivity contribution in [3.05, 3.63) is 95.0 Å². The van der Waals surface area contributed by atoms with Crippen molar-refractivity contribution in [2.45, 2.75) is 11.7 Å². The summed E-state index contributed by atoms with van der Waals surface area (Å²) in [4.78, 5) is 29.9. The summed E-state index contributed by atoms with van der Waals surface area (Å²) in [6, 6.07) is 12.6. The van der Waals surface area contributed by atoms with E-state index in [0.717, 1.165) is 5.56 Å². The predicted octanol–water partition coefficient (Wildman–Crippen LogP) is 5.19. The van der Waals surface area contributed by atoms with Gasteiger partial charge < -0.3 is 5.32 Å². The molecule has 0 fully saturated rings. The van der Waals surface area contributed by atoms with E-state index in [9.17, 15) is 13.8 Å². The number of rotatable bonds is 5. The van der Waals surface area contributed by atoms with Crippen molar-refractivity contribution in [1.29, 1.82) is 0 Å². The number of thiophene rings is 1. The van der Waals surface area contributed by atoms with Crippen LogP contribution < -0.4 is 5.32 Å². The van der Waals surface area contributed by atoms with E-state index in [1.54, 1.807) is 24.4 Å². The molecule has 1 N–H and O–H groups in total. The number of nitrogens with zero attached hydrogens (tertiary/aromatic N) is 2. The van der Waals surface area contributed by atoms with Crippen molar-refractivity contribution in [3.63, 3.8) is 0 Å². The maximum Gasteiger partial charge on any atom is 0.286 e. The number of anilines is 1. The first kappa shape index (κ1) is 21.9. The lowest BCUT2D eigenvalue weighted by Gasteiger charge is -2.14. The predicted molar refractivity (Wildman–Crippen MR) is 129 cm³/mol. The first-order chi connectivity index (χ1) is 15.4. The van der Waals surface area contributed by atoms with E-state index < -0.39 is 15.6 Å². The first-order valence-corrected chi connectivity index (χ1v) is 12.8. The Morgan fingerprint density at radius 2 is 2.00 bits per heavy atom. The molecule has 3 aromatic rings. The lowest BCUT2D eigenvalue weighted by atomic mass is 10.1. The fourth-order valence-corrected chi connectivity index (χ4v) is 5.30. The number of aromatic nitrogens is 1. The van der Waals surface area contributed by atoms with Crippen LogP contribution in [0.4, 0.5) is 5.69 Å². The molecule has 162 valence electrons. The van der Waals surface area contributed by atoms with E-state index in [1.807, 2.05) is 53.9 Å². The summed E-state index contributed by atoms with van der Waals surface area (Å²) >= 11 is 1.37. The van der Waals surface area contributed by atoms with Crippen LogP contribution in [0.1, 0.15) is 26.5 Å². The number of pyridine rings is 1. The molecule has 8 heteroatoms. The zero-order valence-corrected chi connectivity index (χ0v) is 18.9. The number of benzene rings is 1. The van der Waals surface area contributed by atoms with Crippen LogP contribution in [0.2, 0.25) is 0 Å². The highest BCUT2D eigenvalue weighted by molar-refractivity contribution is 7.94. The van der Waals surface area contributed by atoms with E-state index in [1.165, 1.54) is 23.8 Å². The Kier molecular flexibility index (Phi) is 6.43. The molecule has 2 amide bonds. The van der Waals surface area contributed by atoms with Gasteiger partial charge in [-0.25, -0.2) is 4.21 Å². The van der Waals surface area contributed by atoms with Gasteiger partial charge >= 0.3 is 0 Å². The molecule has 0 aliphatic heterocycles. The summed E-state index contributed by atoms with van der Waals surface area (Å²) in [6.45, 7) is 0. The molecule has 2 atom stereocenters. The van der Waals surface area contributed by atoms with Gasteiger partial charge in [-0.05, 0) is 41.6 Å². The number of allylic oxidation sites excluding steroid dienone is 3. The third-order valence-corrected chi connectivity index (χ3v) is 7.82. The van der Waals surface area contributed by atoms with Gasteiger partial charge in [0.25, 0.3) is 11.8 Å². The Morgan fingerprint density at radius 3 is 2.75 bits per heavy atom. The lowest BCUT2D eigenvalue weighted by molar-refractivity contribution is 0.100. The van der Waals surface area contributed by atoms with E-state index in [2.05, 4.69) is 14.7 Å². The monoisotopic (exact) mass is 463 g/mol. The molecule has 32 heavy (non-hydrogen) atoms. The van der Waals surface area contributed by atoms with Crippen molar-refractivity contribution in [2.75, 3.05) is 11.6 Å². The number of carbonyl (C=O) groups is 2. The molecule has 0 saturated carbocycles. The summed E-state index contributed by atoms with van der Waals surface area (Å²) in [6.07, 6.45) is 12.6. The molecule has 1 aliphatic carbocycles. The highest BCUT2D eigenvalue weighted by atomic mass is 32.2. The molecule has 0 spiro atoms. The Hall–Kier alpha value is -3.36. The van der Waals surface area contributed by atoms with Crippen LogP contribution in [0, 0.1) is 0 Å². The second-order valence-electron chi connectivity index (χ2n) is 7.32. The van der Waals surface area contributed by atoms with Crippen LogP contribution >= 0.6 is 11.3 Å². The van der Waals surface area contributed by atoms with Crippen LogP contribution in [0.5, 0.6) is 0 Å². The maximum absolute atomic E-state index is 13.0. The minimum absolute atomic E-state index is 0.178. The minimum atomic E-state index is -2.74. The highest BCUT2D eigenvalue weighted by Crippen LogP contribution is 2.24. The van der Waals surface area contributed by atoms with Crippen LogP contribution in [-0.4, -0.2) is 32.5 Å². The number of hydrogen-bond acceptors (Lipinski definition) is 5. The fraction of sp³-hybridized carbons (Fsp3) is 0.125. The quantitative estimate of drug-likeness (QED) is 0.564. The van der Waals surface area contributed by atoms with E-state index in [4.69, 9.17) is 0 Å². The van der Waals surface area contributed by atoms with E-state index in [0.29, 0.717) is 22.5 Å². The highest BCUT2D eigenvalue weighted by Gasteiger charge is 2.19. The van der Waals surface area contributed by atoms with Gasteiger partial charge in [-0.1, -0.05) is 42.5 Å². The minimum Gasteiger partial charge on any atom is -0.321 e. The second kappa shape index (κ2) is 9.42. The third-order valence-electron chi connectivity index (χ3n) is 4.95. The molecule has 4 rings (SSSR count). The number of carbonyl (C=O) groups excluding carboxylic acids is 2. The fourth-order valence-electron chi connectivity index (χ4n) is 3.26. The summed E-state index contributed by atoms with van der Waals surface area (Å²) in [5.74, 6) is -0.737. The van der Waals surface area contributed by atoms with Crippen LogP contribution in [0.25, 0.3) is 11.1 Å². The van der Waals surface area contributed by atoms with Gasteiger partial charge in [0, 0.05) is 29.9 Å². The van der Waals surface area contributed by atoms with Gasteiger partial charge in [0.05, 0.1) is 25.4 Å². The van der Waals surface area contributed by atoms with Crippen molar-refractivity contribution in [2.24, 2.45) is 4.36 Å². The van der Waals surface area contributed by atoms with Gasteiger partial charge in [0.2, 0.25) is 0 Å². The second-order valence-corrected chi connectivity index (χ2v) is 10.8. The van der Waals surface area contributed by atoms with Crippen LogP contribution in [0.3, 0.4) is 0 Å². The molecule has 0 bridgehead atoms. The molecule has 0 saturated heterocycles. The van der Waals surface area contributed by atoms with Gasteiger partial charge in [-0.3, -0.25) is 14.6 Å². The van der Waals surface area contributed by atoms with Gasteiger partial charge in [-0.15, -0.1) is 11.3 Å². The standard InChI is InChI=1S/C24H21N3O3S2/c1-32(30,21-9-3-2-4-10-21)27-23(28)19-13-18(15-25-16-19)17-7-5-8-20(14-17)26-24(29)22-11-6-12-31-22/h2-9,11-16,21H,10H2,1H3,(H,26,29)/t21?,32-/m0/s1. The van der Waals surface area contributed by atoms with Gasteiger partial charge in [-0.2, -0.15) is 4.36 Å². The van der Waals surface area contributed by atoms with Crippen molar-refractivity contribution >= 4 is 38.6 Å². The summed E-state index contributed by atoms with van der Waals surface area (Å²) in [5.41, 5.74) is 2.38. The first-order valence-electron chi connectivity index (χ1n) is 9.91. The smallest absolute Gasteiger partial charge is 0.286 e. The molecular formula is C24H21N3O3S2. The van der Waals surface area contributed by atoms with Crippen molar-refractivity contribution < 1.29 is 13.8 Å². The number of hydrogen-bond donors (Lipinski definition) is 1. The van der Waals surface area contributed by atoms with Crippen LogP contribution in [-0.2, 0) is 9.73 Å². The molecule has 1 aromatic carbocycles. The Labute approximate surface area is 190 Å². The summed E-state index contributed by atoms with van der Waals surface area (Å²) < 4.78 is 17.0. The molecule has 1 unspecified atom stereocenters. The zero-order valence-electron chi connectivity index (χ0n) is 17.3. The molecule has 1 aliphatic rings. The average Bonchev–Trinajstić information content (AvgIpc) is 3.35. The zero-order chi connectivity index (χ0) is 22.6. The topological polar surface area (TPSA) is 88.5 Å². The van der Waals surface area contributed by atoms with Crippen molar-refractivity contribution in [3.8, 4) is 11.1 Å². The Bertz CT molecular complexity index is 1330. The van der Waals surface area contributed by atoms with Gasteiger partial charge in [0.15, 0.2) is 0 Å². The average molecular weight is 464 g/mol. The lowest BCUT2D eigenvalue weighted by Crippen LogP contribution is -2.19. The van der Waals surface area contributed by atoms with E-state index >= 15 is 0 Å². The Morgan fingerprint density at radius 1 is 1.12 bits per heavy atom. The molecule has 0 radical (unpaired) electrons. The maximum atomic E-state index is 13.0. The number of amides is 2. The summed E-state index contributed by atoms with van der Waals surface area (Å²) in [5, 5.41) is 4.43. The SMILES string of the molecule is C[S@@](=O)(=NC(=O)c1cncc(-c2cccc(NC(=O)c3cccs3)c2)c1)C1C=CC=CC1. The van der Waals surface area contributed by atoms with Crippen LogP contribution in [0.15, 0.2) is 88.9 Å². The molecular weight excluding hydrogens is 442 g/mol. The number of nitrogens with one attached hydrogen (secondary N) is 1. The van der Waals surface area contributed by atoms with Crippen molar-refractivity contribution in [1.82, 2.24) is 4.98 Å². The molecule has 2 heterocycles. The largest absolute Gasteiger partial charge is 0.321 e. The van der Waals surface area contributed by atoms with Gasteiger partial charge in [0.1, 0.15) is 0 Å². The Balaban J connectivity index is 1.56. The summed E-state index contributed by atoms with van der Waals surface area (Å²) in [7, 11) is -2.74. The van der Waals surface area contributed by atoms with E-state index in [-0.39, 0.29) is 16.7 Å².